The van der Waals surface area contributed by atoms with Crippen LogP contribution >= 0.6 is 0 Å². The number of anilines is 1. The van der Waals surface area contributed by atoms with Crippen molar-refractivity contribution in [3.63, 3.8) is 0 Å². The van der Waals surface area contributed by atoms with Gasteiger partial charge in [-0.1, -0.05) is 18.2 Å². The van der Waals surface area contributed by atoms with Crippen LogP contribution in [0.3, 0.4) is 0 Å². The highest BCUT2D eigenvalue weighted by atomic mass is 16.1. The Hall–Kier alpha value is -1.57. The van der Waals surface area contributed by atoms with Gasteiger partial charge in [-0.05, 0) is 32.1 Å². The Morgan fingerprint density at radius 1 is 1.21 bits per heavy atom. The number of carbonyl (C=O) groups excluding carboxylic acids is 1. The lowest BCUT2D eigenvalue weighted by Crippen LogP contribution is -2.14. The summed E-state index contributed by atoms with van der Waals surface area (Å²) in [6.45, 7) is 3.48. The van der Waals surface area contributed by atoms with Crippen molar-refractivity contribution in [3.05, 3.63) is 42.1 Å². The minimum absolute atomic E-state index is 0.0743. The highest BCUT2D eigenvalue weighted by molar-refractivity contribution is 5.88. The molecule has 0 unspecified atom stereocenters. The molecule has 0 atom stereocenters. The first-order valence-electron chi connectivity index (χ1n) is 4.59. The van der Waals surface area contributed by atoms with E-state index in [-0.39, 0.29) is 5.78 Å². The van der Waals surface area contributed by atoms with Crippen LogP contribution in [0.4, 0.5) is 5.69 Å². The van der Waals surface area contributed by atoms with Gasteiger partial charge in [0.25, 0.3) is 0 Å². The summed E-state index contributed by atoms with van der Waals surface area (Å²) >= 11 is 0. The van der Waals surface area contributed by atoms with Gasteiger partial charge >= 0.3 is 0 Å². The minimum atomic E-state index is 0.0743. The van der Waals surface area contributed by atoms with E-state index in [9.17, 15) is 4.79 Å². The van der Waals surface area contributed by atoms with E-state index < -0.39 is 0 Å². The average Bonchev–Trinajstić information content (AvgIpc) is 2.17. The van der Waals surface area contributed by atoms with Crippen molar-refractivity contribution in [1.82, 2.24) is 0 Å². The van der Waals surface area contributed by atoms with Gasteiger partial charge < -0.3 is 4.90 Å². The number of nitrogens with zero attached hydrogens (tertiary/aromatic N) is 1. The second kappa shape index (κ2) is 4.61. The van der Waals surface area contributed by atoms with Crippen LogP contribution in [-0.2, 0) is 4.79 Å². The monoisotopic (exact) mass is 189 g/mol. The number of carbonyl (C=O) groups is 1. The summed E-state index contributed by atoms with van der Waals surface area (Å²) in [6.07, 6.45) is 1.63. The molecular weight excluding hydrogens is 174 g/mol. The molecule has 0 N–H and O–H groups in total. The summed E-state index contributed by atoms with van der Waals surface area (Å²) in [5, 5.41) is 0. The third kappa shape index (κ3) is 2.73. The van der Waals surface area contributed by atoms with E-state index in [4.69, 9.17) is 0 Å². The van der Waals surface area contributed by atoms with Crippen molar-refractivity contribution in [2.45, 2.75) is 13.8 Å². The lowest BCUT2D eigenvalue weighted by atomic mass is 10.2. The predicted molar refractivity (Wildman–Crippen MR) is 59.3 cm³/mol. The maximum Gasteiger partial charge on any atom is 0.154 e. The fourth-order valence-corrected chi connectivity index (χ4v) is 1.25. The fourth-order valence-electron chi connectivity index (χ4n) is 1.25. The number of para-hydroxylation sites is 1. The molecule has 0 saturated carbocycles. The van der Waals surface area contributed by atoms with Crippen LogP contribution < -0.4 is 4.90 Å². The van der Waals surface area contributed by atoms with Gasteiger partial charge in [-0.25, -0.2) is 0 Å². The molecule has 74 valence electrons. The van der Waals surface area contributed by atoms with Crippen LogP contribution in [0.25, 0.3) is 0 Å². The van der Waals surface area contributed by atoms with E-state index in [0.717, 1.165) is 11.4 Å². The zero-order valence-electron chi connectivity index (χ0n) is 8.82. The molecule has 14 heavy (non-hydrogen) atoms. The Morgan fingerprint density at radius 2 is 1.79 bits per heavy atom. The zero-order valence-corrected chi connectivity index (χ0v) is 8.82. The molecule has 0 fully saturated rings. The summed E-state index contributed by atoms with van der Waals surface area (Å²) in [7, 11) is 1.95. The molecule has 0 heterocycles. The number of allylic oxidation sites excluding steroid dienone is 2. The van der Waals surface area contributed by atoms with Gasteiger partial charge in [-0.3, -0.25) is 4.79 Å². The molecule has 0 spiro atoms. The quantitative estimate of drug-likeness (QED) is 0.681. The molecule has 1 aromatic rings. The van der Waals surface area contributed by atoms with E-state index in [0.29, 0.717) is 0 Å². The third-order valence-corrected chi connectivity index (χ3v) is 2.08. The average molecular weight is 189 g/mol. The Labute approximate surface area is 84.9 Å². The molecule has 2 nitrogen and oxygen atoms in total. The van der Waals surface area contributed by atoms with Gasteiger partial charge in [-0.2, -0.15) is 0 Å². The highest BCUT2D eigenvalue weighted by Crippen LogP contribution is 2.15. The van der Waals surface area contributed by atoms with Gasteiger partial charge in [0.2, 0.25) is 0 Å². The van der Waals surface area contributed by atoms with Crippen LogP contribution in [-0.4, -0.2) is 12.8 Å². The summed E-state index contributed by atoms with van der Waals surface area (Å²) in [4.78, 5) is 12.9. The van der Waals surface area contributed by atoms with Crippen molar-refractivity contribution in [2.75, 3.05) is 11.9 Å². The van der Waals surface area contributed by atoms with Crippen LogP contribution in [0.5, 0.6) is 0 Å². The summed E-state index contributed by atoms with van der Waals surface area (Å²) in [6, 6.07) is 9.95. The van der Waals surface area contributed by atoms with E-state index in [2.05, 4.69) is 0 Å². The number of hydrogen-bond donors (Lipinski definition) is 0. The molecule has 0 aliphatic rings. The number of hydrogen-bond acceptors (Lipinski definition) is 2. The third-order valence-electron chi connectivity index (χ3n) is 2.08. The summed E-state index contributed by atoms with van der Waals surface area (Å²) < 4.78 is 0. The van der Waals surface area contributed by atoms with E-state index in [1.807, 2.05) is 49.2 Å². The summed E-state index contributed by atoms with van der Waals surface area (Å²) in [5.74, 6) is 0.0743. The predicted octanol–water partition coefficient (Wildman–Crippen LogP) is 2.62. The molecule has 0 saturated heterocycles. The molecule has 1 rings (SSSR count). The van der Waals surface area contributed by atoms with Crippen molar-refractivity contribution < 1.29 is 4.79 Å². The molecule has 0 aliphatic carbocycles. The fraction of sp³-hybridized carbons (Fsp3) is 0.250. The Balaban J connectivity index is 2.86. The maximum atomic E-state index is 10.9. The van der Waals surface area contributed by atoms with Crippen molar-refractivity contribution >= 4 is 11.5 Å². The SMILES string of the molecule is CC(=O)C=C(C)N(C)c1ccccc1. The highest BCUT2D eigenvalue weighted by Gasteiger charge is 2.01. The Morgan fingerprint density at radius 3 is 2.29 bits per heavy atom. The molecule has 0 aliphatic heterocycles. The number of ketones is 1. The Bertz CT molecular complexity index is 341. The molecule has 0 amide bonds. The van der Waals surface area contributed by atoms with Gasteiger partial charge in [0.05, 0.1) is 0 Å². The second-order valence-electron chi connectivity index (χ2n) is 3.29. The lowest BCUT2D eigenvalue weighted by Gasteiger charge is -2.19. The largest absolute Gasteiger partial charge is 0.348 e. The first kappa shape index (κ1) is 10.5. The standard InChI is InChI=1S/C12H15NO/c1-10(9-11(2)14)13(3)12-7-5-4-6-8-12/h4-9H,1-3H3. The lowest BCUT2D eigenvalue weighted by molar-refractivity contribution is -0.112. The number of rotatable bonds is 3. The Kier molecular flexibility index (Phi) is 3.46. The van der Waals surface area contributed by atoms with E-state index in [1.54, 1.807) is 13.0 Å². The molecular formula is C12H15NO. The number of benzene rings is 1. The van der Waals surface area contributed by atoms with Crippen molar-refractivity contribution in [2.24, 2.45) is 0 Å². The van der Waals surface area contributed by atoms with Gasteiger partial charge in [0, 0.05) is 18.4 Å². The molecule has 1 aromatic carbocycles. The van der Waals surface area contributed by atoms with Crippen LogP contribution in [0, 0.1) is 0 Å². The molecule has 0 aromatic heterocycles. The minimum Gasteiger partial charge on any atom is -0.348 e. The van der Waals surface area contributed by atoms with Gasteiger partial charge in [-0.15, -0.1) is 0 Å². The van der Waals surface area contributed by atoms with Gasteiger partial charge in [0.15, 0.2) is 5.78 Å². The smallest absolute Gasteiger partial charge is 0.154 e. The first-order valence-corrected chi connectivity index (χ1v) is 4.59. The van der Waals surface area contributed by atoms with Gasteiger partial charge in [0.1, 0.15) is 0 Å². The van der Waals surface area contributed by atoms with Crippen LogP contribution in [0.1, 0.15) is 13.8 Å². The topological polar surface area (TPSA) is 20.3 Å². The normalized spacial score (nSPS) is 11.2. The van der Waals surface area contributed by atoms with Crippen molar-refractivity contribution in [1.29, 1.82) is 0 Å². The molecule has 2 heteroatoms. The summed E-state index contributed by atoms with van der Waals surface area (Å²) in [5.41, 5.74) is 2.03. The zero-order chi connectivity index (χ0) is 10.6. The van der Waals surface area contributed by atoms with Crippen LogP contribution in [0.2, 0.25) is 0 Å². The maximum absolute atomic E-state index is 10.9. The first-order chi connectivity index (χ1) is 6.61. The molecule has 0 bridgehead atoms. The van der Waals surface area contributed by atoms with E-state index in [1.165, 1.54) is 0 Å². The molecule has 0 radical (unpaired) electrons. The van der Waals surface area contributed by atoms with Crippen molar-refractivity contribution in [3.8, 4) is 0 Å². The van der Waals surface area contributed by atoms with Crippen LogP contribution in [0.15, 0.2) is 42.1 Å². The second-order valence-corrected chi connectivity index (χ2v) is 3.29. The van der Waals surface area contributed by atoms with E-state index >= 15 is 0 Å².